The lowest BCUT2D eigenvalue weighted by Crippen LogP contribution is -2.10. The van der Waals surface area contributed by atoms with Gasteiger partial charge in [0.1, 0.15) is 11.6 Å². The topological polar surface area (TPSA) is 43.4 Å². The second kappa shape index (κ2) is 6.24. The third-order valence-corrected chi connectivity index (χ3v) is 3.30. The lowest BCUT2D eigenvalue weighted by molar-refractivity contribution is 0.0734. The van der Waals surface area contributed by atoms with Gasteiger partial charge in [0.25, 0.3) is 0 Å². The lowest BCUT2D eigenvalue weighted by Gasteiger charge is -2.07. The molecule has 0 spiro atoms. The van der Waals surface area contributed by atoms with Crippen LogP contribution in [0, 0.1) is 5.82 Å². The van der Waals surface area contributed by atoms with Gasteiger partial charge in [-0.1, -0.05) is 23.2 Å². The van der Waals surface area contributed by atoms with Crippen LogP contribution in [0.5, 0.6) is 5.75 Å². The normalized spacial score (nSPS) is 10.3. The number of esters is 1. The molecule has 0 aliphatic rings. The van der Waals surface area contributed by atoms with E-state index in [2.05, 4.69) is 0 Å². The number of hydrogen-bond acceptors (Lipinski definition) is 3. The molecule has 0 amide bonds. The first-order valence-corrected chi connectivity index (χ1v) is 6.62. The molecule has 2 aromatic carbocycles. The summed E-state index contributed by atoms with van der Waals surface area (Å²) in [6.07, 6.45) is 0. The van der Waals surface area contributed by atoms with Crippen LogP contribution in [-0.2, 0) is 0 Å². The van der Waals surface area contributed by atoms with Crippen LogP contribution in [0.3, 0.4) is 0 Å². The van der Waals surface area contributed by atoms with Crippen LogP contribution in [0.1, 0.15) is 27.6 Å². The van der Waals surface area contributed by atoms with E-state index >= 15 is 0 Å². The molecule has 0 radical (unpaired) electrons. The number of carbonyl (C=O) groups excluding carboxylic acids is 2. The first-order valence-electron chi connectivity index (χ1n) is 5.86. The molecule has 0 heterocycles. The predicted octanol–water partition coefficient (Wildman–Crippen LogP) is 4.55. The zero-order valence-corrected chi connectivity index (χ0v) is 12.3. The number of Topliss-reactive ketones (excluding diaryl/α,β-unsaturated/α-hetero) is 1. The van der Waals surface area contributed by atoms with Gasteiger partial charge in [0, 0.05) is 5.56 Å². The summed E-state index contributed by atoms with van der Waals surface area (Å²) in [5.74, 6) is -1.46. The minimum absolute atomic E-state index is 0.00763. The summed E-state index contributed by atoms with van der Waals surface area (Å²) in [4.78, 5) is 23.1. The Morgan fingerprint density at radius 2 is 1.67 bits per heavy atom. The smallest absolute Gasteiger partial charge is 0.345 e. The SMILES string of the molecule is CC(=O)c1ccc(OC(=O)c2cc(F)c(Cl)cc2Cl)cc1. The Balaban J connectivity index is 2.22. The lowest BCUT2D eigenvalue weighted by atomic mass is 10.1. The molecule has 0 fully saturated rings. The molecule has 0 saturated heterocycles. The van der Waals surface area contributed by atoms with Crippen molar-refractivity contribution in [1.29, 1.82) is 0 Å². The minimum atomic E-state index is -0.814. The van der Waals surface area contributed by atoms with Crippen LogP contribution < -0.4 is 4.74 Å². The van der Waals surface area contributed by atoms with E-state index in [9.17, 15) is 14.0 Å². The summed E-state index contributed by atoms with van der Waals surface area (Å²) >= 11 is 11.4. The van der Waals surface area contributed by atoms with Gasteiger partial charge in [-0.25, -0.2) is 9.18 Å². The molecule has 0 saturated carbocycles. The Kier molecular flexibility index (Phi) is 4.60. The molecule has 2 rings (SSSR count). The molecule has 0 aliphatic carbocycles. The highest BCUT2D eigenvalue weighted by Gasteiger charge is 2.16. The van der Waals surface area contributed by atoms with E-state index in [0.717, 1.165) is 12.1 Å². The van der Waals surface area contributed by atoms with E-state index in [1.165, 1.54) is 31.2 Å². The van der Waals surface area contributed by atoms with Gasteiger partial charge in [-0.05, 0) is 43.3 Å². The molecule has 0 unspecified atom stereocenters. The van der Waals surface area contributed by atoms with Crippen molar-refractivity contribution < 1.29 is 18.7 Å². The molecular weight excluding hydrogens is 318 g/mol. The Morgan fingerprint density at radius 1 is 1.05 bits per heavy atom. The number of benzene rings is 2. The van der Waals surface area contributed by atoms with Gasteiger partial charge in [-0.3, -0.25) is 4.79 Å². The predicted molar refractivity (Wildman–Crippen MR) is 77.8 cm³/mol. The van der Waals surface area contributed by atoms with Gasteiger partial charge in [-0.15, -0.1) is 0 Å². The fourth-order valence-electron chi connectivity index (χ4n) is 1.60. The van der Waals surface area contributed by atoms with Crippen molar-refractivity contribution in [3.05, 3.63) is 63.4 Å². The highest BCUT2D eigenvalue weighted by molar-refractivity contribution is 6.36. The summed E-state index contributed by atoms with van der Waals surface area (Å²) in [5.41, 5.74) is 0.361. The maximum Gasteiger partial charge on any atom is 0.345 e. The third-order valence-electron chi connectivity index (χ3n) is 2.70. The standard InChI is InChI=1S/C15H9Cl2FO3/c1-8(19)9-2-4-10(5-3-9)21-15(20)11-6-14(18)13(17)7-12(11)16/h2-7H,1H3. The van der Waals surface area contributed by atoms with Gasteiger partial charge in [0.2, 0.25) is 0 Å². The van der Waals surface area contributed by atoms with Gasteiger partial charge in [0.05, 0.1) is 15.6 Å². The number of hydrogen-bond donors (Lipinski definition) is 0. The van der Waals surface area contributed by atoms with Crippen molar-refractivity contribution in [3.8, 4) is 5.75 Å². The van der Waals surface area contributed by atoms with E-state index in [1.54, 1.807) is 0 Å². The highest BCUT2D eigenvalue weighted by atomic mass is 35.5. The number of halogens is 3. The van der Waals surface area contributed by atoms with E-state index in [1.807, 2.05) is 0 Å². The van der Waals surface area contributed by atoms with Crippen molar-refractivity contribution in [2.75, 3.05) is 0 Å². The van der Waals surface area contributed by atoms with E-state index in [-0.39, 0.29) is 27.1 Å². The largest absolute Gasteiger partial charge is 0.423 e. The molecular formula is C15H9Cl2FO3. The summed E-state index contributed by atoms with van der Waals surface area (Å²) < 4.78 is 18.4. The first-order chi connectivity index (χ1) is 9.88. The molecule has 0 aliphatic heterocycles. The molecule has 108 valence electrons. The minimum Gasteiger partial charge on any atom is -0.423 e. The van der Waals surface area contributed by atoms with Crippen LogP contribution in [-0.4, -0.2) is 11.8 Å². The Bertz CT molecular complexity index is 712. The molecule has 0 bridgehead atoms. The third kappa shape index (κ3) is 3.60. The zero-order chi connectivity index (χ0) is 15.6. The van der Waals surface area contributed by atoms with Gasteiger partial charge < -0.3 is 4.74 Å². The summed E-state index contributed by atoms with van der Waals surface area (Å²) in [5, 5.41) is -0.186. The quantitative estimate of drug-likeness (QED) is 0.359. The van der Waals surface area contributed by atoms with Crippen molar-refractivity contribution >= 4 is 35.0 Å². The summed E-state index contributed by atoms with van der Waals surface area (Å²) in [6, 6.07) is 8.03. The summed E-state index contributed by atoms with van der Waals surface area (Å²) in [7, 11) is 0. The van der Waals surface area contributed by atoms with E-state index in [4.69, 9.17) is 27.9 Å². The summed E-state index contributed by atoms with van der Waals surface area (Å²) in [6.45, 7) is 1.43. The van der Waals surface area contributed by atoms with Crippen molar-refractivity contribution in [1.82, 2.24) is 0 Å². The maximum atomic E-state index is 13.4. The maximum absolute atomic E-state index is 13.4. The van der Waals surface area contributed by atoms with Gasteiger partial charge in [-0.2, -0.15) is 0 Å². The number of ether oxygens (including phenoxy) is 1. The van der Waals surface area contributed by atoms with Crippen LogP contribution >= 0.6 is 23.2 Å². The van der Waals surface area contributed by atoms with Crippen molar-refractivity contribution in [3.63, 3.8) is 0 Å². The average Bonchev–Trinajstić information content (AvgIpc) is 2.43. The molecule has 0 aromatic heterocycles. The number of carbonyl (C=O) groups is 2. The number of ketones is 1. The van der Waals surface area contributed by atoms with E-state index in [0.29, 0.717) is 5.56 Å². The second-order valence-electron chi connectivity index (χ2n) is 4.22. The highest BCUT2D eigenvalue weighted by Crippen LogP contribution is 2.25. The fraction of sp³-hybridized carbons (Fsp3) is 0.0667. The van der Waals surface area contributed by atoms with Crippen LogP contribution in [0.25, 0.3) is 0 Å². The van der Waals surface area contributed by atoms with Crippen LogP contribution in [0.4, 0.5) is 4.39 Å². The molecule has 3 nitrogen and oxygen atoms in total. The second-order valence-corrected chi connectivity index (χ2v) is 5.03. The average molecular weight is 327 g/mol. The Labute approximate surface area is 130 Å². The zero-order valence-electron chi connectivity index (χ0n) is 10.8. The molecule has 2 aromatic rings. The molecule has 0 N–H and O–H groups in total. The Hall–Kier alpha value is -1.91. The molecule has 0 atom stereocenters. The number of rotatable bonds is 3. The van der Waals surface area contributed by atoms with Crippen LogP contribution in [0.2, 0.25) is 10.0 Å². The van der Waals surface area contributed by atoms with Crippen molar-refractivity contribution in [2.45, 2.75) is 6.92 Å². The fourth-order valence-corrected chi connectivity index (χ4v) is 2.06. The Morgan fingerprint density at radius 3 is 2.24 bits per heavy atom. The van der Waals surface area contributed by atoms with E-state index < -0.39 is 11.8 Å². The van der Waals surface area contributed by atoms with Gasteiger partial charge in [0.15, 0.2) is 5.78 Å². The monoisotopic (exact) mass is 326 g/mol. The van der Waals surface area contributed by atoms with Crippen LogP contribution in [0.15, 0.2) is 36.4 Å². The molecule has 21 heavy (non-hydrogen) atoms. The first kappa shape index (κ1) is 15.5. The van der Waals surface area contributed by atoms with Crippen molar-refractivity contribution in [2.24, 2.45) is 0 Å². The molecule has 6 heteroatoms. The van der Waals surface area contributed by atoms with Gasteiger partial charge >= 0.3 is 5.97 Å².